The average Bonchev–Trinajstić information content (AvgIpc) is 2.65. The third-order valence-electron chi connectivity index (χ3n) is 3.19. The normalized spacial score (nSPS) is 25.5. The first-order valence-electron chi connectivity index (χ1n) is 5.67. The zero-order chi connectivity index (χ0) is 10.7. The van der Waals surface area contributed by atoms with E-state index in [0.717, 1.165) is 5.92 Å². The van der Waals surface area contributed by atoms with Gasteiger partial charge in [-0.25, -0.2) is 4.98 Å². The van der Waals surface area contributed by atoms with E-state index in [9.17, 15) is 4.39 Å². The van der Waals surface area contributed by atoms with E-state index in [4.69, 9.17) is 0 Å². The fraction of sp³-hybridized carbons (Fsp3) is 0.583. The van der Waals surface area contributed by atoms with Gasteiger partial charge in [0.15, 0.2) is 0 Å². The average molecular weight is 208 g/mol. The van der Waals surface area contributed by atoms with E-state index in [0.29, 0.717) is 11.9 Å². The van der Waals surface area contributed by atoms with Crippen molar-refractivity contribution >= 4 is 5.82 Å². The summed E-state index contributed by atoms with van der Waals surface area (Å²) in [5.74, 6) is 1.08. The fourth-order valence-corrected chi connectivity index (χ4v) is 2.27. The molecule has 82 valence electrons. The third kappa shape index (κ3) is 2.67. The Hall–Kier alpha value is -1.12. The highest BCUT2D eigenvalue weighted by atomic mass is 19.1. The summed E-state index contributed by atoms with van der Waals surface area (Å²) in [6.07, 6.45) is 4.89. The molecule has 3 heteroatoms. The SMILES string of the molecule is CCC1CCC(Nc2cccc(F)n2)C1. The molecule has 0 spiro atoms. The summed E-state index contributed by atoms with van der Waals surface area (Å²) in [5, 5.41) is 3.29. The Bertz CT molecular complexity index is 327. The maximum atomic E-state index is 12.8. The van der Waals surface area contributed by atoms with Crippen LogP contribution in [-0.2, 0) is 0 Å². The van der Waals surface area contributed by atoms with Gasteiger partial charge >= 0.3 is 0 Å². The van der Waals surface area contributed by atoms with Gasteiger partial charge in [0.05, 0.1) is 0 Å². The molecule has 0 aliphatic heterocycles. The van der Waals surface area contributed by atoms with Crippen molar-refractivity contribution in [2.24, 2.45) is 5.92 Å². The first kappa shape index (κ1) is 10.4. The first-order chi connectivity index (χ1) is 7.28. The van der Waals surface area contributed by atoms with Crippen LogP contribution in [-0.4, -0.2) is 11.0 Å². The van der Waals surface area contributed by atoms with Crippen LogP contribution in [0.1, 0.15) is 32.6 Å². The lowest BCUT2D eigenvalue weighted by Crippen LogP contribution is -2.16. The van der Waals surface area contributed by atoms with E-state index in [1.54, 1.807) is 6.07 Å². The number of halogens is 1. The third-order valence-corrected chi connectivity index (χ3v) is 3.19. The largest absolute Gasteiger partial charge is 0.367 e. The maximum Gasteiger partial charge on any atom is 0.214 e. The highest BCUT2D eigenvalue weighted by Gasteiger charge is 2.23. The van der Waals surface area contributed by atoms with Gasteiger partial charge < -0.3 is 5.32 Å². The monoisotopic (exact) mass is 208 g/mol. The molecule has 0 saturated heterocycles. The van der Waals surface area contributed by atoms with Crippen LogP contribution < -0.4 is 5.32 Å². The van der Waals surface area contributed by atoms with Gasteiger partial charge in [-0.15, -0.1) is 0 Å². The van der Waals surface area contributed by atoms with Crippen LogP contribution in [0.5, 0.6) is 0 Å². The molecule has 1 aliphatic carbocycles. The molecule has 1 aliphatic rings. The van der Waals surface area contributed by atoms with Gasteiger partial charge in [0.25, 0.3) is 0 Å². The van der Waals surface area contributed by atoms with Gasteiger partial charge in [0.2, 0.25) is 5.95 Å². The van der Waals surface area contributed by atoms with E-state index in [-0.39, 0.29) is 0 Å². The summed E-state index contributed by atoms with van der Waals surface area (Å²) < 4.78 is 12.8. The minimum absolute atomic E-state index is 0.412. The zero-order valence-corrected chi connectivity index (χ0v) is 9.04. The van der Waals surface area contributed by atoms with Crippen molar-refractivity contribution in [2.45, 2.75) is 38.6 Å². The number of hydrogen-bond donors (Lipinski definition) is 1. The molecule has 2 rings (SSSR count). The number of nitrogens with zero attached hydrogens (tertiary/aromatic N) is 1. The van der Waals surface area contributed by atoms with Gasteiger partial charge in [0.1, 0.15) is 5.82 Å². The van der Waals surface area contributed by atoms with Crippen LogP contribution in [0.2, 0.25) is 0 Å². The number of anilines is 1. The van der Waals surface area contributed by atoms with Crippen molar-refractivity contribution in [1.82, 2.24) is 4.98 Å². The Balaban J connectivity index is 1.92. The molecule has 0 bridgehead atoms. The van der Waals surface area contributed by atoms with E-state index in [2.05, 4.69) is 17.2 Å². The highest BCUT2D eigenvalue weighted by Crippen LogP contribution is 2.29. The van der Waals surface area contributed by atoms with E-state index < -0.39 is 5.95 Å². The van der Waals surface area contributed by atoms with E-state index in [1.165, 1.54) is 31.7 Å². The van der Waals surface area contributed by atoms with Crippen LogP contribution in [0.15, 0.2) is 18.2 Å². The van der Waals surface area contributed by atoms with Gasteiger partial charge in [-0.1, -0.05) is 19.4 Å². The molecule has 1 fully saturated rings. The molecule has 1 aromatic rings. The fourth-order valence-electron chi connectivity index (χ4n) is 2.27. The van der Waals surface area contributed by atoms with Crippen molar-refractivity contribution in [1.29, 1.82) is 0 Å². The number of hydrogen-bond acceptors (Lipinski definition) is 2. The van der Waals surface area contributed by atoms with E-state index >= 15 is 0 Å². The molecule has 1 saturated carbocycles. The Morgan fingerprint density at radius 2 is 2.33 bits per heavy atom. The van der Waals surface area contributed by atoms with Crippen LogP contribution in [0, 0.1) is 11.9 Å². The standard InChI is InChI=1S/C12H17FN2/c1-2-9-6-7-10(8-9)14-12-5-3-4-11(13)15-12/h3-5,9-10H,2,6-8H2,1H3,(H,14,15). The number of rotatable bonds is 3. The second-order valence-electron chi connectivity index (χ2n) is 4.27. The summed E-state index contributed by atoms with van der Waals surface area (Å²) in [4.78, 5) is 3.81. The van der Waals surface area contributed by atoms with Crippen molar-refractivity contribution in [3.8, 4) is 0 Å². The quantitative estimate of drug-likeness (QED) is 0.771. The molecule has 0 radical (unpaired) electrons. The summed E-state index contributed by atoms with van der Waals surface area (Å²) in [7, 11) is 0. The topological polar surface area (TPSA) is 24.9 Å². The summed E-state index contributed by atoms with van der Waals surface area (Å²) in [5.41, 5.74) is 0. The lowest BCUT2D eigenvalue weighted by atomic mass is 10.1. The van der Waals surface area contributed by atoms with Crippen molar-refractivity contribution in [3.63, 3.8) is 0 Å². The Labute approximate surface area is 89.9 Å². The molecule has 2 unspecified atom stereocenters. The van der Waals surface area contributed by atoms with Crippen molar-refractivity contribution < 1.29 is 4.39 Å². The molecule has 0 amide bonds. The second-order valence-corrected chi connectivity index (χ2v) is 4.27. The lowest BCUT2D eigenvalue weighted by Gasteiger charge is -2.13. The minimum Gasteiger partial charge on any atom is -0.367 e. The smallest absolute Gasteiger partial charge is 0.214 e. The summed E-state index contributed by atoms with van der Waals surface area (Å²) >= 11 is 0. The molecule has 2 atom stereocenters. The molecule has 1 heterocycles. The number of pyridine rings is 1. The highest BCUT2D eigenvalue weighted by molar-refractivity contribution is 5.35. The lowest BCUT2D eigenvalue weighted by molar-refractivity contribution is 0.524. The molecular formula is C12H17FN2. The first-order valence-corrected chi connectivity index (χ1v) is 5.67. The maximum absolute atomic E-state index is 12.8. The second kappa shape index (κ2) is 4.60. The molecule has 2 nitrogen and oxygen atoms in total. The predicted molar refractivity (Wildman–Crippen MR) is 59.2 cm³/mol. The molecular weight excluding hydrogens is 191 g/mol. The van der Waals surface area contributed by atoms with Crippen LogP contribution in [0.3, 0.4) is 0 Å². The van der Waals surface area contributed by atoms with Crippen LogP contribution in [0.25, 0.3) is 0 Å². The van der Waals surface area contributed by atoms with Gasteiger partial charge in [-0.3, -0.25) is 0 Å². The molecule has 15 heavy (non-hydrogen) atoms. The summed E-state index contributed by atoms with van der Waals surface area (Å²) in [6.45, 7) is 2.23. The Morgan fingerprint density at radius 1 is 1.47 bits per heavy atom. The number of nitrogens with one attached hydrogen (secondary N) is 1. The zero-order valence-electron chi connectivity index (χ0n) is 9.04. The predicted octanol–water partition coefficient (Wildman–Crippen LogP) is 3.21. The molecule has 1 N–H and O–H groups in total. The van der Waals surface area contributed by atoms with Crippen molar-refractivity contribution in [3.05, 3.63) is 24.1 Å². The van der Waals surface area contributed by atoms with Crippen LogP contribution >= 0.6 is 0 Å². The van der Waals surface area contributed by atoms with Gasteiger partial charge in [-0.05, 0) is 37.3 Å². The minimum atomic E-state index is -0.412. The van der Waals surface area contributed by atoms with Crippen LogP contribution in [0.4, 0.5) is 10.2 Å². The van der Waals surface area contributed by atoms with Gasteiger partial charge in [-0.2, -0.15) is 4.39 Å². The summed E-state index contributed by atoms with van der Waals surface area (Å²) in [6, 6.07) is 5.36. The molecule has 0 aromatic carbocycles. The Kier molecular flexibility index (Phi) is 3.19. The van der Waals surface area contributed by atoms with Crippen molar-refractivity contribution in [2.75, 3.05) is 5.32 Å². The Morgan fingerprint density at radius 3 is 3.00 bits per heavy atom. The number of aromatic nitrogens is 1. The van der Waals surface area contributed by atoms with Gasteiger partial charge in [0, 0.05) is 6.04 Å². The molecule has 1 aromatic heterocycles. The van der Waals surface area contributed by atoms with E-state index in [1.807, 2.05) is 6.07 Å².